The van der Waals surface area contributed by atoms with Crippen molar-refractivity contribution in [3.63, 3.8) is 0 Å². The van der Waals surface area contributed by atoms with Crippen LogP contribution in [0.2, 0.25) is 0 Å². The number of rotatable bonds is 3. The summed E-state index contributed by atoms with van der Waals surface area (Å²) in [7, 11) is 0. The number of pyridine rings is 1. The number of imidazole rings is 1. The van der Waals surface area contributed by atoms with Crippen LogP contribution in [0.1, 0.15) is 22.6 Å². The van der Waals surface area contributed by atoms with E-state index in [1.165, 1.54) is 0 Å². The van der Waals surface area contributed by atoms with Crippen molar-refractivity contribution in [2.24, 2.45) is 0 Å². The van der Waals surface area contributed by atoms with Crippen LogP contribution in [0, 0.1) is 0 Å². The van der Waals surface area contributed by atoms with Crippen LogP contribution >= 0.6 is 15.9 Å². The minimum atomic E-state index is -0.594. The van der Waals surface area contributed by atoms with Crippen molar-refractivity contribution in [1.82, 2.24) is 20.3 Å². The number of amides is 1. The maximum absolute atomic E-state index is 12.5. The standard InChI is InChI=1S/C13H13BrN4O2/c14-10-7-15-3-1-9(10)11(19)18-13(2-6-20-8-13)12-16-4-5-17-12/h1,3-5,7H,2,6,8H2,(H,16,17)(H,18,19). The zero-order valence-electron chi connectivity index (χ0n) is 10.6. The number of carbonyl (C=O) groups is 1. The fourth-order valence-electron chi connectivity index (χ4n) is 2.28. The van der Waals surface area contributed by atoms with Crippen LogP contribution in [-0.4, -0.2) is 34.1 Å². The van der Waals surface area contributed by atoms with Gasteiger partial charge >= 0.3 is 0 Å². The average molecular weight is 337 g/mol. The highest BCUT2D eigenvalue weighted by atomic mass is 79.9. The number of aromatic amines is 1. The molecule has 0 aromatic carbocycles. The lowest BCUT2D eigenvalue weighted by Gasteiger charge is -2.26. The van der Waals surface area contributed by atoms with Gasteiger partial charge in [0.15, 0.2) is 0 Å². The lowest BCUT2D eigenvalue weighted by molar-refractivity contribution is 0.0868. The average Bonchev–Trinajstić information content (AvgIpc) is 3.10. The molecule has 1 fully saturated rings. The van der Waals surface area contributed by atoms with E-state index in [2.05, 4.69) is 36.2 Å². The van der Waals surface area contributed by atoms with E-state index in [1.807, 2.05) is 0 Å². The zero-order chi connectivity index (χ0) is 14.0. The van der Waals surface area contributed by atoms with E-state index in [9.17, 15) is 4.79 Å². The Morgan fingerprint density at radius 3 is 3.05 bits per heavy atom. The van der Waals surface area contributed by atoms with Gasteiger partial charge in [0.05, 0.1) is 12.2 Å². The number of hydrogen-bond donors (Lipinski definition) is 2. The maximum Gasteiger partial charge on any atom is 0.253 e. The Morgan fingerprint density at radius 2 is 2.40 bits per heavy atom. The minimum Gasteiger partial charge on any atom is -0.378 e. The van der Waals surface area contributed by atoms with Crippen molar-refractivity contribution in [1.29, 1.82) is 0 Å². The van der Waals surface area contributed by atoms with E-state index >= 15 is 0 Å². The molecule has 2 aromatic rings. The number of halogens is 1. The molecule has 1 unspecified atom stereocenters. The summed E-state index contributed by atoms with van der Waals surface area (Å²) in [5, 5.41) is 3.04. The maximum atomic E-state index is 12.5. The number of nitrogens with one attached hydrogen (secondary N) is 2. The van der Waals surface area contributed by atoms with Gasteiger partial charge in [-0.2, -0.15) is 0 Å². The molecule has 20 heavy (non-hydrogen) atoms. The monoisotopic (exact) mass is 336 g/mol. The van der Waals surface area contributed by atoms with Crippen molar-refractivity contribution in [2.45, 2.75) is 12.0 Å². The van der Waals surface area contributed by atoms with Crippen LogP contribution in [0.5, 0.6) is 0 Å². The van der Waals surface area contributed by atoms with Gasteiger partial charge in [0, 0.05) is 42.3 Å². The highest BCUT2D eigenvalue weighted by Crippen LogP contribution is 2.29. The second kappa shape index (κ2) is 5.34. The van der Waals surface area contributed by atoms with Crippen molar-refractivity contribution in [2.75, 3.05) is 13.2 Å². The molecule has 1 amide bonds. The van der Waals surface area contributed by atoms with E-state index in [-0.39, 0.29) is 5.91 Å². The second-order valence-electron chi connectivity index (χ2n) is 4.63. The largest absolute Gasteiger partial charge is 0.378 e. The predicted octanol–water partition coefficient (Wildman–Crippen LogP) is 1.61. The molecule has 0 radical (unpaired) electrons. The van der Waals surface area contributed by atoms with Gasteiger partial charge in [-0.1, -0.05) is 0 Å². The molecule has 7 heteroatoms. The number of ether oxygens (including phenoxy) is 1. The normalized spacial score (nSPS) is 21.9. The van der Waals surface area contributed by atoms with Crippen LogP contribution in [0.3, 0.4) is 0 Å². The van der Waals surface area contributed by atoms with E-state index in [1.54, 1.807) is 30.9 Å². The topological polar surface area (TPSA) is 79.9 Å². The summed E-state index contributed by atoms with van der Waals surface area (Å²) in [6.45, 7) is 1.01. The Morgan fingerprint density at radius 1 is 1.50 bits per heavy atom. The van der Waals surface area contributed by atoms with Crippen LogP contribution in [0.4, 0.5) is 0 Å². The predicted molar refractivity (Wildman–Crippen MR) is 75.1 cm³/mol. The molecule has 2 aromatic heterocycles. The van der Waals surface area contributed by atoms with Crippen LogP contribution < -0.4 is 5.32 Å². The third-order valence-corrected chi connectivity index (χ3v) is 3.97. The molecule has 104 valence electrons. The van der Waals surface area contributed by atoms with Gasteiger partial charge in [-0.15, -0.1) is 0 Å². The van der Waals surface area contributed by atoms with E-state index in [0.717, 1.165) is 0 Å². The smallest absolute Gasteiger partial charge is 0.253 e. The minimum absolute atomic E-state index is 0.179. The van der Waals surface area contributed by atoms with Gasteiger partial charge in [0.1, 0.15) is 11.4 Å². The Bertz CT molecular complexity index is 609. The first kappa shape index (κ1) is 13.3. The van der Waals surface area contributed by atoms with Gasteiger partial charge in [0.25, 0.3) is 5.91 Å². The summed E-state index contributed by atoms with van der Waals surface area (Å²) in [5.74, 6) is 0.537. The summed E-state index contributed by atoms with van der Waals surface area (Å²) >= 11 is 3.33. The third kappa shape index (κ3) is 2.34. The molecule has 2 N–H and O–H groups in total. The fraction of sp³-hybridized carbons (Fsp3) is 0.308. The molecule has 3 rings (SSSR count). The van der Waals surface area contributed by atoms with Gasteiger partial charge in [-0.05, 0) is 22.0 Å². The summed E-state index contributed by atoms with van der Waals surface area (Å²) in [6.07, 6.45) is 7.28. The lowest BCUT2D eigenvalue weighted by Crippen LogP contribution is -2.47. The molecule has 6 nitrogen and oxygen atoms in total. The van der Waals surface area contributed by atoms with Crippen molar-refractivity contribution < 1.29 is 9.53 Å². The van der Waals surface area contributed by atoms with Crippen LogP contribution in [0.15, 0.2) is 35.3 Å². The fourth-order valence-corrected chi connectivity index (χ4v) is 2.71. The first-order chi connectivity index (χ1) is 9.71. The number of aromatic nitrogens is 3. The van der Waals surface area contributed by atoms with E-state index < -0.39 is 5.54 Å². The molecule has 1 atom stereocenters. The van der Waals surface area contributed by atoms with Crippen molar-refractivity contribution >= 4 is 21.8 Å². The summed E-state index contributed by atoms with van der Waals surface area (Å²) in [5.41, 5.74) is -0.0543. The Hall–Kier alpha value is -1.73. The molecule has 0 saturated carbocycles. The Kier molecular flexibility index (Phi) is 3.54. The summed E-state index contributed by atoms with van der Waals surface area (Å²) in [4.78, 5) is 23.7. The molecule has 0 bridgehead atoms. The molecule has 1 aliphatic rings. The SMILES string of the molecule is O=C(NC1(c2ncc[nH]2)CCOC1)c1ccncc1Br. The lowest BCUT2D eigenvalue weighted by atomic mass is 9.97. The summed E-state index contributed by atoms with van der Waals surface area (Å²) < 4.78 is 6.11. The highest BCUT2D eigenvalue weighted by Gasteiger charge is 2.40. The summed E-state index contributed by atoms with van der Waals surface area (Å²) in [6, 6.07) is 1.67. The quantitative estimate of drug-likeness (QED) is 0.892. The molecular weight excluding hydrogens is 324 g/mol. The molecule has 0 spiro atoms. The third-order valence-electron chi connectivity index (χ3n) is 3.34. The van der Waals surface area contributed by atoms with Gasteiger partial charge in [-0.25, -0.2) is 4.98 Å². The number of nitrogens with zero attached hydrogens (tertiary/aromatic N) is 2. The zero-order valence-corrected chi connectivity index (χ0v) is 12.2. The number of H-pyrrole nitrogens is 1. The van der Waals surface area contributed by atoms with Gasteiger partial charge in [-0.3, -0.25) is 9.78 Å². The molecular formula is C13H13BrN4O2. The van der Waals surface area contributed by atoms with Crippen molar-refractivity contribution in [3.8, 4) is 0 Å². The second-order valence-corrected chi connectivity index (χ2v) is 5.49. The molecule has 1 aliphatic heterocycles. The van der Waals surface area contributed by atoms with Crippen LogP contribution in [0.25, 0.3) is 0 Å². The van der Waals surface area contributed by atoms with E-state index in [0.29, 0.717) is 35.5 Å². The van der Waals surface area contributed by atoms with Crippen molar-refractivity contribution in [3.05, 3.63) is 46.7 Å². The van der Waals surface area contributed by atoms with E-state index in [4.69, 9.17) is 4.74 Å². The van der Waals surface area contributed by atoms with Gasteiger partial charge < -0.3 is 15.0 Å². The van der Waals surface area contributed by atoms with Gasteiger partial charge in [0.2, 0.25) is 0 Å². The Labute approximate surface area is 124 Å². The first-order valence-corrected chi connectivity index (χ1v) is 7.00. The molecule has 3 heterocycles. The molecule has 1 saturated heterocycles. The first-order valence-electron chi connectivity index (χ1n) is 6.21. The number of carbonyl (C=O) groups excluding carboxylic acids is 1. The number of hydrogen-bond acceptors (Lipinski definition) is 4. The molecule has 0 aliphatic carbocycles. The van der Waals surface area contributed by atoms with Crippen LogP contribution in [-0.2, 0) is 10.3 Å². The highest BCUT2D eigenvalue weighted by molar-refractivity contribution is 9.10. The Balaban J connectivity index is 1.88.